The molecule has 1 aliphatic carbocycles. The first-order chi connectivity index (χ1) is 8.61. The molecule has 0 heterocycles. The van der Waals surface area contributed by atoms with Crippen LogP contribution in [-0.2, 0) is 0 Å². The summed E-state index contributed by atoms with van der Waals surface area (Å²) in [5.74, 6) is -1.66. The Bertz CT molecular complexity index is 707. The fraction of sp³-hybridized carbons (Fsp3) is 0. The van der Waals surface area contributed by atoms with E-state index in [0.29, 0.717) is 5.56 Å². The zero-order chi connectivity index (χ0) is 12.9. The van der Waals surface area contributed by atoms with E-state index in [1.165, 1.54) is 18.2 Å². The Kier molecular flexibility index (Phi) is 2.07. The highest BCUT2D eigenvalue weighted by Gasteiger charge is 2.32. The van der Waals surface area contributed by atoms with Gasteiger partial charge in [0.2, 0.25) is 0 Å². The zero-order valence-corrected chi connectivity index (χ0v) is 9.24. The van der Waals surface area contributed by atoms with Gasteiger partial charge in [-0.1, -0.05) is 24.3 Å². The minimum Gasteiger partial charge on any atom is -0.396 e. The Balaban J connectivity index is 2.38. The maximum atomic E-state index is 13.9. The van der Waals surface area contributed by atoms with Crippen LogP contribution in [0.3, 0.4) is 0 Å². The lowest BCUT2D eigenvalue weighted by atomic mass is 9.83. The molecule has 18 heavy (non-hydrogen) atoms. The molecule has 0 bridgehead atoms. The van der Waals surface area contributed by atoms with Crippen LogP contribution in [0.1, 0.15) is 31.8 Å². The van der Waals surface area contributed by atoms with Crippen LogP contribution in [0.25, 0.3) is 0 Å². The van der Waals surface area contributed by atoms with Crippen molar-refractivity contribution in [2.75, 3.05) is 5.73 Å². The van der Waals surface area contributed by atoms with Crippen molar-refractivity contribution in [3.63, 3.8) is 0 Å². The Morgan fingerprint density at radius 1 is 0.833 bits per heavy atom. The first-order valence-corrected chi connectivity index (χ1v) is 5.37. The summed E-state index contributed by atoms with van der Waals surface area (Å²) in [5.41, 5.74) is 5.68. The van der Waals surface area contributed by atoms with Gasteiger partial charge in [0.1, 0.15) is 0 Å². The van der Waals surface area contributed by atoms with Gasteiger partial charge in [-0.2, -0.15) is 0 Å². The highest BCUT2D eigenvalue weighted by molar-refractivity contribution is 6.28. The number of anilines is 1. The number of ketones is 2. The molecule has 2 aromatic rings. The monoisotopic (exact) mass is 241 g/mol. The molecule has 3 rings (SSSR count). The van der Waals surface area contributed by atoms with Crippen molar-refractivity contribution in [2.24, 2.45) is 0 Å². The maximum Gasteiger partial charge on any atom is 0.197 e. The van der Waals surface area contributed by atoms with Crippen molar-refractivity contribution in [3.8, 4) is 0 Å². The summed E-state index contributed by atoms with van der Waals surface area (Å²) < 4.78 is 13.9. The van der Waals surface area contributed by atoms with Crippen LogP contribution in [0.2, 0.25) is 0 Å². The SMILES string of the molecule is Nc1ccc2c(c1F)C(=O)c1ccccc1C2=O. The molecule has 2 N–H and O–H groups in total. The van der Waals surface area contributed by atoms with E-state index in [2.05, 4.69) is 0 Å². The number of nitrogen functional groups attached to an aromatic ring is 1. The van der Waals surface area contributed by atoms with Crippen LogP contribution < -0.4 is 5.73 Å². The van der Waals surface area contributed by atoms with Gasteiger partial charge >= 0.3 is 0 Å². The zero-order valence-electron chi connectivity index (χ0n) is 9.24. The molecule has 1 aliphatic rings. The number of fused-ring (bicyclic) bond motifs is 2. The van der Waals surface area contributed by atoms with Gasteiger partial charge in [0.15, 0.2) is 17.4 Å². The summed E-state index contributed by atoms with van der Waals surface area (Å²) >= 11 is 0. The van der Waals surface area contributed by atoms with Gasteiger partial charge < -0.3 is 5.73 Å². The predicted octanol–water partition coefficient (Wildman–Crippen LogP) is 2.18. The average Bonchev–Trinajstić information content (AvgIpc) is 2.39. The second-order valence-electron chi connectivity index (χ2n) is 4.10. The molecule has 0 saturated heterocycles. The second-order valence-corrected chi connectivity index (χ2v) is 4.10. The van der Waals surface area contributed by atoms with Gasteiger partial charge in [-0.25, -0.2) is 4.39 Å². The Morgan fingerprint density at radius 3 is 2.11 bits per heavy atom. The number of benzene rings is 2. The van der Waals surface area contributed by atoms with Crippen LogP contribution in [0.4, 0.5) is 10.1 Å². The molecule has 0 fully saturated rings. The van der Waals surface area contributed by atoms with Gasteiger partial charge in [0, 0.05) is 16.7 Å². The smallest absolute Gasteiger partial charge is 0.197 e. The van der Waals surface area contributed by atoms with Crippen LogP contribution in [-0.4, -0.2) is 11.6 Å². The molecule has 2 aromatic carbocycles. The molecular formula is C14H8FNO2. The molecular weight excluding hydrogens is 233 g/mol. The third kappa shape index (κ3) is 1.23. The second kappa shape index (κ2) is 3.50. The fourth-order valence-corrected chi connectivity index (χ4v) is 2.16. The Morgan fingerprint density at radius 2 is 1.44 bits per heavy atom. The van der Waals surface area contributed by atoms with Gasteiger partial charge in [0.25, 0.3) is 0 Å². The summed E-state index contributed by atoms with van der Waals surface area (Å²) in [6.45, 7) is 0. The molecule has 0 unspecified atom stereocenters. The topological polar surface area (TPSA) is 60.2 Å². The van der Waals surface area contributed by atoms with Gasteiger partial charge in [-0.05, 0) is 12.1 Å². The minimum absolute atomic E-state index is 0.0744. The Labute approximate surface area is 102 Å². The quantitative estimate of drug-likeness (QED) is 0.614. The summed E-state index contributed by atoms with van der Waals surface area (Å²) in [6.07, 6.45) is 0. The number of halogens is 1. The molecule has 88 valence electrons. The van der Waals surface area contributed by atoms with Gasteiger partial charge in [-0.15, -0.1) is 0 Å². The molecule has 0 aromatic heterocycles. The number of hydrogen-bond donors (Lipinski definition) is 1. The first kappa shape index (κ1) is 10.7. The average molecular weight is 241 g/mol. The molecule has 3 nitrogen and oxygen atoms in total. The van der Waals surface area contributed by atoms with E-state index in [1.807, 2.05) is 0 Å². The third-order valence-corrected chi connectivity index (χ3v) is 3.06. The normalized spacial score (nSPS) is 13.2. The van der Waals surface area contributed by atoms with E-state index in [-0.39, 0.29) is 28.2 Å². The number of nitrogens with two attached hydrogens (primary N) is 1. The molecule has 4 heteroatoms. The molecule has 0 radical (unpaired) electrons. The summed E-state index contributed by atoms with van der Waals surface area (Å²) in [7, 11) is 0. The molecule has 0 aliphatic heterocycles. The van der Waals surface area contributed by atoms with Gasteiger partial charge in [-0.3, -0.25) is 9.59 Å². The van der Waals surface area contributed by atoms with E-state index >= 15 is 0 Å². The highest BCUT2D eigenvalue weighted by Crippen LogP contribution is 2.30. The number of carbonyl (C=O) groups is 2. The molecule has 0 spiro atoms. The predicted molar refractivity (Wildman–Crippen MR) is 64.1 cm³/mol. The summed E-state index contributed by atoms with van der Waals surface area (Å²) in [4.78, 5) is 24.3. The maximum absolute atomic E-state index is 13.9. The third-order valence-electron chi connectivity index (χ3n) is 3.06. The standard InChI is InChI=1S/C14H8FNO2/c15-12-10(16)6-5-9-11(12)14(18)8-4-2-1-3-7(8)13(9)17/h1-6H,16H2. The lowest BCUT2D eigenvalue weighted by Gasteiger charge is -2.18. The number of carbonyl (C=O) groups excluding carboxylic acids is 2. The molecule has 0 atom stereocenters. The van der Waals surface area contributed by atoms with Crippen molar-refractivity contribution in [1.29, 1.82) is 0 Å². The Hall–Kier alpha value is -2.49. The van der Waals surface area contributed by atoms with E-state index in [1.54, 1.807) is 18.2 Å². The van der Waals surface area contributed by atoms with E-state index in [9.17, 15) is 14.0 Å². The van der Waals surface area contributed by atoms with Crippen LogP contribution >= 0.6 is 0 Å². The van der Waals surface area contributed by atoms with E-state index in [0.717, 1.165) is 0 Å². The van der Waals surface area contributed by atoms with Crippen molar-refractivity contribution >= 4 is 17.3 Å². The van der Waals surface area contributed by atoms with Crippen LogP contribution in [0, 0.1) is 5.82 Å². The first-order valence-electron chi connectivity index (χ1n) is 5.37. The lowest BCUT2D eigenvalue weighted by molar-refractivity contribution is 0.0976. The summed E-state index contributed by atoms with van der Waals surface area (Å²) in [5, 5.41) is 0. The largest absolute Gasteiger partial charge is 0.396 e. The highest BCUT2D eigenvalue weighted by atomic mass is 19.1. The van der Waals surface area contributed by atoms with E-state index < -0.39 is 11.6 Å². The van der Waals surface area contributed by atoms with Crippen molar-refractivity contribution in [2.45, 2.75) is 0 Å². The van der Waals surface area contributed by atoms with Crippen molar-refractivity contribution in [3.05, 3.63) is 64.5 Å². The fourth-order valence-electron chi connectivity index (χ4n) is 2.16. The number of rotatable bonds is 0. The van der Waals surface area contributed by atoms with E-state index in [4.69, 9.17) is 5.73 Å². The van der Waals surface area contributed by atoms with Gasteiger partial charge in [0.05, 0.1) is 11.3 Å². The van der Waals surface area contributed by atoms with Crippen LogP contribution in [0.15, 0.2) is 36.4 Å². The minimum atomic E-state index is -0.819. The molecule has 0 amide bonds. The number of hydrogen-bond acceptors (Lipinski definition) is 3. The van der Waals surface area contributed by atoms with Crippen molar-refractivity contribution < 1.29 is 14.0 Å². The van der Waals surface area contributed by atoms with Crippen molar-refractivity contribution in [1.82, 2.24) is 0 Å². The van der Waals surface area contributed by atoms with Crippen LogP contribution in [0.5, 0.6) is 0 Å². The summed E-state index contributed by atoms with van der Waals surface area (Å²) in [6, 6.07) is 9.08. The lowest BCUT2D eigenvalue weighted by Crippen LogP contribution is -2.22. The molecule has 0 saturated carbocycles.